The van der Waals surface area contributed by atoms with Gasteiger partial charge in [0.1, 0.15) is 6.10 Å². The summed E-state index contributed by atoms with van der Waals surface area (Å²) in [4.78, 5) is 13.3. The summed E-state index contributed by atoms with van der Waals surface area (Å²) in [7, 11) is 0. The molecule has 6 heteroatoms. The summed E-state index contributed by atoms with van der Waals surface area (Å²) in [6, 6.07) is 11.7. The van der Waals surface area contributed by atoms with E-state index in [-0.39, 0.29) is 6.10 Å². The number of pyridine rings is 1. The van der Waals surface area contributed by atoms with Gasteiger partial charge < -0.3 is 10.1 Å². The van der Waals surface area contributed by atoms with Gasteiger partial charge in [-0.1, -0.05) is 29.8 Å². The molecule has 1 aliphatic rings. The number of hydrogen-bond acceptors (Lipinski definition) is 5. The lowest BCUT2D eigenvalue weighted by molar-refractivity contribution is 0.109. The van der Waals surface area contributed by atoms with Crippen LogP contribution in [-0.2, 0) is 11.3 Å². The van der Waals surface area contributed by atoms with E-state index in [0.717, 1.165) is 46.9 Å². The minimum atomic E-state index is 0.00188. The quantitative estimate of drug-likeness (QED) is 0.711. The van der Waals surface area contributed by atoms with Gasteiger partial charge in [-0.3, -0.25) is 4.98 Å². The number of halogens is 1. The number of hydrogen-bond donors (Lipinski definition) is 1. The smallest absolute Gasteiger partial charge is 0.223 e. The Bertz CT molecular complexity index is 882. The van der Waals surface area contributed by atoms with E-state index in [1.807, 2.05) is 42.6 Å². The lowest BCUT2D eigenvalue weighted by Crippen LogP contribution is -2.09. The second-order valence-corrected chi connectivity index (χ2v) is 6.58. The Labute approximate surface area is 157 Å². The van der Waals surface area contributed by atoms with Crippen LogP contribution in [0.1, 0.15) is 30.2 Å². The molecular weight excluding hydrogens is 348 g/mol. The Morgan fingerprint density at radius 3 is 2.77 bits per heavy atom. The van der Waals surface area contributed by atoms with Gasteiger partial charge in [0, 0.05) is 42.3 Å². The molecule has 1 N–H and O–H groups in total. The summed E-state index contributed by atoms with van der Waals surface area (Å²) in [6.45, 7) is 1.34. The van der Waals surface area contributed by atoms with E-state index in [1.165, 1.54) is 0 Å². The zero-order chi connectivity index (χ0) is 17.8. The van der Waals surface area contributed by atoms with Crippen LogP contribution in [0, 0.1) is 0 Å². The molecule has 1 atom stereocenters. The molecule has 0 aliphatic carbocycles. The highest BCUT2D eigenvalue weighted by Crippen LogP contribution is 2.34. The summed E-state index contributed by atoms with van der Waals surface area (Å²) < 4.78 is 5.88. The van der Waals surface area contributed by atoms with Gasteiger partial charge in [-0.15, -0.1) is 0 Å². The van der Waals surface area contributed by atoms with Gasteiger partial charge in [0.05, 0.1) is 5.69 Å². The predicted octanol–water partition coefficient (Wildman–Crippen LogP) is 4.66. The van der Waals surface area contributed by atoms with E-state index in [0.29, 0.717) is 12.5 Å². The number of anilines is 1. The van der Waals surface area contributed by atoms with E-state index < -0.39 is 0 Å². The van der Waals surface area contributed by atoms with Crippen molar-refractivity contribution < 1.29 is 4.74 Å². The van der Waals surface area contributed by atoms with Crippen molar-refractivity contribution in [1.29, 1.82) is 0 Å². The van der Waals surface area contributed by atoms with Crippen LogP contribution in [0.25, 0.3) is 11.1 Å². The van der Waals surface area contributed by atoms with E-state index in [4.69, 9.17) is 21.3 Å². The maximum Gasteiger partial charge on any atom is 0.223 e. The number of rotatable bonds is 5. The molecule has 132 valence electrons. The number of aromatic nitrogens is 3. The lowest BCUT2D eigenvalue weighted by atomic mass is 10.0. The Morgan fingerprint density at radius 2 is 2.00 bits per heavy atom. The molecule has 0 radical (unpaired) electrons. The summed E-state index contributed by atoms with van der Waals surface area (Å²) >= 11 is 6.22. The number of nitrogens with one attached hydrogen (secondary N) is 1. The van der Waals surface area contributed by atoms with Crippen molar-refractivity contribution in [2.75, 3.05) is 11.9 Å². The highest BCUT2D eigenvalue weighted by atomic mass is 35.5. The van der Waals surface area contributed by atoms with Gasteiger partial charge in [0.15, 0.2) is 0 Å². The van der Waals surface area contributed by atoms with E-state index in [1.54, 1.807) is 12.4 Å². The molecule has 0 amide bonds. The normalized spacial score (nSPS) is 16.6. The van der Waals surface area contributed by atoms with Gasteiger partial charge in [-0.25, -0.2) is 9.97 Å². The standard InChI is InChI=1S/C20H19ClN4O/c21-17-5-2-1-4-15(17)12-23-20-24-13-16(14-7-9-22-10-8-14)19(25-20)18-6-3-11-26-18/h1-2,4-5,7-10,13,18H,3,6,11-12H2,(H,23,24,25). The van der Waals surface area contributed by atoms with Crippen molar-refractivity contribution in [3.05, 3.63) is 71.3 Å². The van der Waals surface area contributed by atoms with E-state index in [2.05, 4.69) is 15.3 Å². The number of nitrogens with zero attached hydrogens (tertiary/aromatic N) is 3. The third-order valence-electron chi connectivity index (χ3n) is 4.44. The highest BCUT2D eigenvalue weighted by Gasteiger charge is 2.23. The second kappa shape index (κ2) is 7.81. The minimum absolute atomic E-state index is 0.00188. The highest BCUT2D eigenvalue weighted by molar-refractivity contribution is 6.31. The van der Waals surface area contributed by atoms with E-state index >= 15 is 0 Å². The van der Waals surface area contributed by atoms with Crippen LogP contribution >= 0.6 is 11.6 Å². The van der Waals surface area contributed by atoms with Crippen molar-refractivity contribution in [3.63, 3.8) is 0 Å². The molecule has 5 nitrogen and oxygen atoms in total. The van der Waals surface area contributed by atoms with Crippen molar-refractivity contribution in [3.8, 4) is 11.1 Å². The maximum atomic E-state index is 6.22. The van der Waals surface area contributed by atoms with Gasteiger partial charge in [-0.05, 0) is 42.2 Å². The molecule has 1 fully saturated rings. The third-order valence-corrected chi connectivity index (χ3v) is 4.81. The van der Waals surface area contributed by atoms with Crippen LogP contribution in [-0.4, -0.2) is 21.6 Å². The van der Waals surface area contributed by atoms with Crippen molar-refractivity contribution in [2.24, 2.45) is 0 Å². The summed E-state index contributed by atoms with van der Waals surface area (Å²) in [6.07, 6.45) is 7.43. The van der Waals surface area contributed by atoms with Crippen LogP contribution < -0.4 is 5.32 Å². The molecule has 0 spiro atoms. The van der Waals surface area contributed by atoms with Crippen LogP contribution in [0.3, 0.4) is 0 Å². The summed E-state index contributed by atoms with van der Waals surface area (Å²) in [5.41, 5.74) is 3.96. The molecule has 4 rings (SSSR count). The first-order chi connectivity index (χ1) is 12.8. The molecule has 0 saturated carbocycles. The minimum Gasteiger partial charge on any atom is -0.372 e. The Morgan fingerprint density at radius 1 is 1.15 bits per heavy atom. The molecule has 1 unspecified atom stereocenters. The van der Waals surface area contributed by atoms with Crippen LogP contribution in [0.15, 0.2) is 55.0 Å². The van der Waals surface area contributed by atoms with Gasteiger partial charge in [-0.2, -0.15) is 0 Å². The topological polar surface area (TPSA) is 59.9 Å². The molecule has 1 aromatic carbocycles. The second-order valence-electron chi connectivity index (χ2n) is 6.18. The van der Waals surface area contributed by atoms with Crippen molar-refractivity contribution in [2.45, 2.75) is 25.5 Å². The zero-order valence-electron chi connectivity index (χ0n) is 14.2. The first-order valence-electron chi connectivity index (χ1n) is 8.67. The molecule has 1 aliphatic heterocycles. The molecular formula is C20H19ClN4O. The van der Waals surface area contributed by atoms with E-state index in [9.17, 15) is 0 Å². The largest absolute Gasteiger partial charge is 0.372 e. The van der Waals surface area contributed by atoms with Gasteiger partial charge in [0.25, 0.3) is 0 Å². The van der Waals surface area contributed by atoms with Gasteiger partial charge in [0.2, 0.25) is 5.95 Å². The fraction of sp³-hybridized carbons (Fsp3) is 0.250. The van der Waals surface area contributed by atoms with Crippen molar-refractivity contribution >= 4 is 17.5 Å². The molecule has 26 heavy (non-hydrogen) atoms. The molecule has 3 aromatic rings. The summed E-state index contributed by atoms with van der Waals surface area (Å²) in [5.74, 6) is 0.577. The van der Waals surface area contributed by atoms with Crippen molar-refractivity contribution in [1.82, 2.24) is 15.0 Å². The number of benzene rings is 1. The lowest BCUT2D eigenvalue weighted by Gasteiger charge is -2.16. The molecule has 1 saturated heterocycles. The molecule has 0 bridgehead atoms. The molecule has 2 aromatic heterocycles. The third kappa shape index (κ3) is 3.69. The fourth-order valence-electron chi connectivity index (χ4n) is 3.09. The molecule has 3 heterocycles. The van der Waals surface area contributed by atoms with Gasteiger partial charge >= 0.3 is 0 Å². The average molecular weight is 367 g/mol. The predicted molar refractivity (Wildman–Crippen MR) is 102 cm³/mol. The monoisotopic (exact) mass is 366 g/mol. The van der Waals surface area contributed by atoms with Crippen LogP contribution in [0.4, 0.5) is 5.95 Å². The summed E-state index contributed by atoms with van der Waals surface area (Å²) in [5, 5.41) is 4.00. The SMILES string of the molecule is Clc1ccccc1CNc1ncc(-c2ccncc2)c(C2CCCO2)n1. The van der Waals surface area contributed by atoms with Crippen LogP contribution in [0.5, 0.6) is 0 Å². The Hall–Kier alpha value is -2.50. The van der Waals surface area contributed by atoms with Crippen LogP contribution in [0.2, 0.25) is 5.02 Å². The first kappa shape index (κ1) is 16.9. The maximum absolute atomic E-state index is 6.22. The zero-order valence-corrected chi connectivity index (χ0v) is 15.0. The fourth-order valence-corrected chi connectivity index (χ4v) is 3.29. The first-order valence-corrected chi connectivity index (χ1v) is 9.05. The Balaban J connectivity index is 1.62. The Kier molecular flexibility index (Phi) is 5.09. The number of ether oxygens (including phenoxy) is 1. The average Bonchev–Trinajstić information content (AvgIpc) is 3.23.